The molecule has 0 saturated carbocycles. The normalized spacial score (nSPS) is 11.9. The highest BCUT2D eigenvalue weighted by Gasteiger charge is 2.22. The standard InChI is InChI=1S/C10H12ClN5O2S/c1-16(5-10-13-6-14-15-10)19(17,18)7-2-3-9(12)8(11)4-7/h2-4,6H,5,12H2,1H3,(H,13,14,15). The molecule has 0 radical (unpaired) electrons. The van der Waals surface area contributed by atoms with E-state index >= 15 is 0 Å². The van der Waals surface area contributed by atoms with E-state index in [2.05, 4.69) is 15.2 Å². The molecule has 19 heavy (non-hydrogen) atoms. The van der Waals surface area contributed by atoms with Crippen molar-refractivity contribution < 1.29 is 8.42 Å². The third kappa shape index (κ3) is 2.86. The summed E-state index contributed by atoms with van der Waals surface area (Å²) in [6.45, 7) is 0.0876. The number of aromatic nitrogens is 3. The van der Waals surface area contributed by atoms with E-state index in [1.807, 2.05) is 0 Å². The number of nitrogen functional groups attached to an aromatic ring is 1. The smallest absolute Gasteiger partial charge is 0.243 e. The molecule has 0 fully saturated rings. The average molecular weight is 302 g/mol. The molecule has 0 atom stereocenters. The SMILES string of the molecule is CN(Cc1ncn[nH]1)S(=O)(=O)c1ccc(N)c(Cl)c1. The largest absolute Gasteiger partial charge is 0.398 e. The van der Waals surface area contributed by atoms with E-state index < -0.39 is 10.0 Å². The van der Waals surface area contributed by atoms with Gasteiger partial charge in [-0.25, -0.2) is 13.4 Å². The molecule has 0 spiro atoms. The van der Waals surface area contributed by atoms with Crippen molar-refractivity contribution in [2.45, 2.75) is 11.4 Å². The first-order chi connectivity index (χ1) is 8.91. The maximum atomic E-state index is 12.3. The Bertz CT molecular complexity index is 671. The van der Waals surface area contributed by atoms with Gasteiger partial charge < -0.3 is 5.73 Å². The minimum absolute atomic E-state index is 0.0775. The van der Waals surface area contributed by atoms with Crippen LogP contribution in [-0.2, 0) is 16.6 Å². The zero-order valence-corrected chi connectivity index (χ0v) is 11.6. The number of hydrogen-bond donors (Lipinski definition) is 2. The molecule has 7 nitrogen and oxygen atoms in total. The topological polar surface area (TPSA) is 105 Å². The number of nitrogens with zero attached hydrogens (tertiary/aromatic N) is 3. The minimum Gasteiger partial charge on any atom is -0.398 e. The molecule has 2 rings (SSSR count). The number of aromatic amines is 1. The second kappa shape index (κ2) is 5.16. The number of sulfonamides is 1. The van der Waals surface area contributed by atoms with Crippen LogP contribution in [0.2, 0.25) is 5.02 Å². The lowest BCUT2D eigenvalue weighted by Gasteiger charge is -2.16. The van der Waals surface area contributed by atoms with E-state index in [1.54, 1.807) is 0 Å². The fourth-order valence-corrected chi connectivity index (χ4v) is 2.86. The van der Waals surface area contributed by atoms with Crippen molar-refractivity contribution in [3.05, 3.63) is 35.4 Å². The van der Waals surface area contributed by atoms with Gasteiger partial charge in [0.05, 0.1) is 22.2 Å². The van der Waals surface area contributed by atoms with E-state index in [0.717, 1.165) is 4.31 Å². The number of rotatable bonds is 4. The summed E-state index contributed by atoms with van der Waals surface area (Å²) in [6, 6.07) is 4.19. The molecular formula is C10H12ClN5O2S. The van der Waals surface area contributed by atoms with Crippen LogP contribution in [0, 0.1) is 0 Å². The van der Waals surface area contributed by atoms with Gasteiger partial charge in [0.15, 0.2) is 0 Å². The van der Waals surface area contributed by atoms with Crippen LogP contribution in [0.4, 0.5) is 5.69 Å². The third-order valence-electron chi connectivity index (χ3n) is 2.52. The van der Waals surface area contributed by atoms with Crippen LogP contribution in [0.1, 0.15) is 5.82 Å². The van der Waals surface area contributed by atoms with E-state index in [4.69, 9.17) is 17.3 Å². The summed E-state index contributed by atoms with van der Waals surface area (Å²) in [5, 5.41) is 6.46. The van der Waals surface area contributed by atoms with Crippen LogP contribution in [0.25, 0.3) is 0 Å². The van der Waals surface area contributed by atoms with E-state index in [1.165, 1.54) is 31.6 Å². The monoisotopic (exact) mass is 301 g/mol. The molecule has 1 heterocycles. The van der Waals surface area contributed by atoms with Gasteiger partial charge in [-0.05, 0) is 18.2 Å². The zero-order chi connectivity index (χ0) is 14.0. The number of H-pyrrole nitrogens is 1. The average Bonchev–Trinajstić information content (AvgIpc) is 2.85. The molecule has 1 aromatic heterocycles. The van der Waals surface area contributed by atoms with Gasteiger partial charge in [-0.2, -0.15) is 9.40 Å². The molecule has 9 heteroatoms. The van der Waals surface area contributed by atoms with Gasteiger partial charge in [-0.1, -0.05) is 11.6 Å². The van der Waals surface area contributed by atoms with Gasteiger partial charge in [-0.3, -0.25) is 5.10 Å². The highest BCUT2D eigenvalue weighted by atomic mass is 35.5. The molecule has 0 aliphatic carbocycles. The van der Waals surface area contributed by atoms with Crippen molar-refractivity contribution in [2.24, 2.45) is 0 Å². The third-order valence-corrected chi connectivity index (χ3v) is 4.64. The highest BCUT2D eigenvalue weighted by molar-refractivity contribution is 7.89. The zero-order valence-electron chi connectivity index (χ0n) is 10.0. The number of benzene rings is 1. The molecule has 0 amide bonds. The lowest BCUT2D eigenvalue weighted by atomic mass is 10.3. The van der Waals surface area contributed by atoms with Crippen molar-refractivity contribution >= 4 is 27.3 Å². The summed E-state index contributed by atoms with van der Waals surface area (Å²) in [7, 11) is -2.20. The second-order valence-electron chi connectivity index (χ2n) is 3.88. The fraction of sp³-hybridized carbons (Fsp3) is 0.200. The lowest BCUT2D eigenvalue weighted by Crippen LogP contribution is -2.27. The first kappa shape index (κ1) is 13.8. The first-order valence-electron chi connectivity index (χ1n) is 5.27. The highest BCUT2D eigenvalue weighted by Crippen LogP contribution is 2.24. The van der Waals surface area contributed by atoms with Crippen molar-refractivity contribution in [1.82, 2.24) is 19.5 Å². The number of anilines is 1. The number of nitrogens with two attached hydrogens (primary N) is 1. The fourth-order valence-electron chi connectivity index (χ4n) is 1.45. The summed E-state index contributed by atoms with van der Waals surface area (Å²) in [5.41, 5.74) is 5.89. The molecule has 0 aliphatic rings. The van der Waals surface area contributed by atoms with Crippen molar-refractivity contribution in [3.63, 3.8) is 0 Å². The van der Waals surface area contributed by atoms with Crippen LogP contribution in [0.5, 0.6) is 0 Å². The minimum atomic E-state index is -3.65. The molecular weight excluding hydrogens is 290 g/mol. The van der Waals surface area contributed by atoms with Crippen molar-refractivity contribution in [1.29, 1.82) is 0 Å². The van der Waals surface area contributed by atoms with Crippen molar-refractivity contribution in [2.75, 3.05) is 12.8 Å². The van der Waals surface area contributed by atoms with E-state index in [0.29, 0.717) is 11.5 Å². The molecule has 1 aromatic carbocycles. The first-order valence-corrected chi connectivity index (χ1v) is 7.08. The Hall–Kier alpha value is -1.64. The van der Waals surface area contributed by atoms with Gasteiger partial charge in [0.1, 0.15) is 12.2 Å². The van der Waals surface area contributed by atoms with Gasteiger partial charge in [0.25, 0.3) is 0 Å². The summed E-state index contributed by atoms with van der Waals surface area (Å²) < 4.78 is 25.7. The summed E-state index contributed by atoms with van der Waals surface area (Å²) in [6.07, 6.45) is 1.32. The molecule has 0 saturated heterocycles. The number of halogens is 1. The Labute approximate surface area is 115 Å². The van der Waals surface area contributed by atoms with Gasteiger partial charge in [-0.15, -0.1) is 0 Å². The Kier molecular flexibility index (Phi) is 3.74. The quantitative estimate of drug-likeness (QED) is 0.815. The summed E-state index contributed by atoms with van der Waals surface area (Å²) in [4.78, 5) is 3.95. The van der Waals surface area contributed by atoms with Crippen LogP contribution >= 0.6 is 11.6 Å². The van der Waals surface area contributed by atoms with Crippen LogP contribution < -0.4 is 5.73 Å². The summed E-state index contributed by atoms with van der Waals surface area (Å²) >= 11 is 5.83. The molecule has 0 bridgehead atoms. The van der Waals surface area contributed by atoms with E-state index in [-0.39, 0.29) is 16.5 Å². The predicted molar refractivity (Wildman–Crippen MR) is 70.9 cm³/mol. The Morgan fingerprint density at radius 1 is 1.47 bits per heavy atom. The van der Waals surface area contributed by atoms with Gasteiger partial charge in [0, 0.05) is 7.05 Å². The van der Waals surface area contributed by atoms with E-state index in [9.17, 15) is 8.42 Å². The molecule has 0 unspecified atom stereocenters. The van der Waals surface area contributed by atoms with Crippen LogP contribution in [0.3, 0.4) is 0 Å². The summed E-state index contributed by atoms with van der Waals surface area (Å²) in [5.74, 6) is 0.451. The molecule has 102 valence electrons. The van der Waals surface area contributed by atoms with Gasteiger partial charge >= 0.3 is 0 Å². The number of nitrogens with one attached hydrogen (secondary N) is 1. The molecule has 3 N–H and O–H groups in total. The molecule has 0 aliphatic heterocycles. The maximum Gasteiger partial charge on any atom is 0.243 e. The van der Waals surface area contributed by atoms with Crippen LogP contribution in [0.15, 0.2) is 29.4 Å². The Balaban J connectivity index is 2.28. The van der Waals surface area contributed by atoms with Crippen molar-refractivity contribution in [3.8, 4) is 0 Å². The van der Waals surface area contributed by atoms with Gasteiger partial charge in [0.2, 0.25) is 10.0 Å². The number of hydrogen-bond acceptors (Lipinski definition) is 5. The second-order valence-corrected chi connectivity index (χ2v) is 6.33. The lowest BCUT2D eigenvalue weighted by molar-refractivity contribution is 0.457. The van der Waals surface area contributed by atoms with Crippen LogP contribution in [-0.4, -0.2) is 35.0 Å². The Morgan fingerprint density at radius 2 is 2.21 bits per heavy atom. The maximum absolute atomic E-state index is 12.3. The Morgan fingerprint density at radius 3 is 2.79 bits per heavy atom. The molecule has 2 aromatic rings. The predicted octanol–water partition coefficient (Wildman–Crippen LogP) is 0.861.